The van der Waals surface area contributed by atoms with Crippen LogP contribution in [0.4, 0.5) is 5.69 Å². The molecular formula is C10H15N3O2. The van der Waals surface area contributed by atoms with E-state index in [9.17, 15) is 0 Å². The van der Waals surface area contributed by atoms with E-state index in [1.807, 2.05) is 6.07 Å². The summed E-state index contributed by atoms with van der Waals surface area (Å²) in [5.74, 6) is 1.73. The maximum atomic E-state index is 5.56. The standard InChI is InChI=1S/C10H15N3O2/c1-12-10(11)13-8-6-7(14-2)4-5-9(8)15-3/h4-6H,1-3H3,(H3,11,12,13). The Hall–Kier alpha value is -1.91. The Morgan fingerprint density at radius 3 is 2.60 bits per heavy atom. The summed E-state index contributed by atoms with van der Waals surface area (Å²) in [6.45, 7) is 0. The highest BCUT2D eigenvalue weighted by Gasteiger charge is 2.05. The van der Waals surface area contributed by atoms with E-state index in [-0.39, 0.29) is 0 Å². The number of anilines is 1. The number of hydrogen-bond acceptors (Lipinski definition) is 3. The van der Waals surface area contributed by atoms with Crippen molar-refractivity contribution >= 4 is 11.6 Å². The zero-order valence-corrected chi connectivity index (χ0v) is 9.07. The van der Waals surface area contributed by atoms with Crippen molar-refractivity contribution in [3.63, 3.8) is 0 Å². The average molecular weight is 209 g/mol. The van der Waals surface area contributed by atoms with Gasteiger partial charge in [0.2, 0.25) is 0 Å². The van der Waals surface area contributed by atoms with Gasteiger partial charge in [-0.2, -0.15) is 0 Å². The molecule has 0 aliphatic rings. The number of rotatable bonds is 3. The molecule has 1 aromatic rings. The molecule has 0 atom stereocenters. The van der Waals surface area contributed by atoms with Crippen LogP contribution in [-0.2, 0) is 0 Å². The van der Waals surface area contributed by atoms with Crippen LogP contribution in [0.1, 0.15) is 0 Å². The third-order valence-corrected chi connectivity index (χ3v) is 1.91. The van der Waals surface area contributed by atoms with Gasteiger partial charge in [-0.25, -0.2) is 0 Å². The molecule has 0 radical (unpaired) electrons. The van der Waals surface area contributed by atoms with E-state index in [4.69, 9.17) is 15.2 Å². The summed E-state index contributed by atoms with van der Waals surface area (Å²) in [5.41, 5.74) is 6.28. The van der Waals surface area contributed by atoms with E-state index < -0.39 is 0 Å². The maximum Gasteiger partial charge on any atom is 0.192 e. The number of ether oxygens (including phenoxy) is 2. The summed E-state index contributed by atoms with van der Waals surface area (Å²) in [6, 6.07) is 5.39. The Labute approximate surface area is 88.9 Å². The molecule has 0 fully saturated rings. The monoisotopic (exact) mass is 209 g/mol. The Morgan fingerprint density at radius 2 is 2.07 bits per heavy atom. The number of nitrogens with zero attached hydrogens (tertiary/aromatic N) is 1. The van der Waals surface area contributed by atoms with Crippen LogP contribution in [-0.4, -0.2) is 27.2 Å². The van der Waals surface area contributed by atoms with Gasteiger partial charge in [-0.05, 0) is 12.1 Å². The normalized spacial score (nSPS) is 11.0. The van der Waals surface area contributed by atoms with Gasteiger partial charge in [0.15, 0.2) is 5.96 Å². The van der Waals surface area contributed by atoms with Crippen molar-refractivity contribution in [2.24, 2.45) is 10.7 Å². The van der Waals surface area contributed by atoms with Gasteiger partial charge >= 0.3 is 0 Å². The van der Waals surface area contributed by atoms with Gasteiger partial charge in [0.05, 0.1) is 19.9 Å². The molecule has 0 spiro atoms. The Morgan fingerprint density at radius 1 is 1.33 bits per heavy atom. The highest BCUT2D eigenvalue weighted by molar-refractivity contribution is 5.93. The van der Waals surface area contributed by atoms with Crippen LogP contribution in [0.3, 0.4) is 0 Å². The first kappa shape index (κ1) is 11.2. The quantitative estimate of drug-likeness (QED) is 0.577. The van der Waals surface area contributed by atoms with Crippen LogP contribution in [0.5, 0.6) is 11.5 Å². The first-order chi connectivity index (χ1) is 7.21. The number of aliphatic imine (C=N–C) groups is 1. The van der Waals surface area contributed by atoms with Crippen molar-refractivity contribution < 1.29 is 9.47 Å². The molecule has 0 aromatic heterocycles. The molecule has 82 valence electrons. The molecule has 0 saturated carbocycles. The van der Waals surface area contributed by atoms with Gasteiger partial charge in [-0.15, -0.1) is 0 Å². The smallest absolute Gasteiger partial charge is 0.192 e. The van der Waals surface area contributed by atoms with Gasteiger partial charge < -0.3 is 20.5 Å². The minimum absolute atomic E-state index is 0.321. The molecule has 1 rings (SSSR count). The van der Waals surface area contributed by atoms with Crippen molar-refractivity contribution in [1.29, 1.82) is 0 Å². The van der Waals surface area contributed by atoms with Crippen LogP contribution in [0.15, 0.2) is 23.2 Å². The molecular weight excluding hydrogens is 194 g/mol. The number of benzene rings is 1. The lowest BCUT2D eigenvalue weighted by Gasteiger charge is -2.11. The minimum atomic E-state index is 0.321. The van der Waals surface area contributed by atoms with Crippen LogP contribution < -0.4 is 20.5 Å². The number of guanidine groups is 1. The molecule has 0 bridgehead atoms. The lowest BCUT2D eigenvalue weighted by Crippen LogP contribution is -2.22. The van der Waals surface area contributed by atoms with E-state index in [1.54, 1.807) is 33.4 Å². The Bertz CT molecular complexity index is 364. The first-order valence-electron chi connectivity index (χ1n) is 4.42. The predicted octanol–water partition coefficient (Wildman–Crippen LogP) is 1.06. The van der Waals surface area contributed by atoms with E-state index in [1.165, 1.54) is 0 Å². The van der Waals surface area contributed by atoms with E-state index >= 15 is 0 Å². The van der Waals surface area contributed by atoms with Gasteiger partial charge in [-0.1, -0.05) is 0 Å². The van der Waals surface area contributed by atoms with Crippen LogP contribution >= 0.6 is 0 Å². The van der Waals surface area contributed by atoms with Gasteiger partial charge in [0, 0.05) is 13.1 Å². The van der Waals surface area contributed by atoms with Crippen LogP contribution in [0.25, 0.3) is 0 Å². The molecule has 0 unspecified atom stereocenters. The zero-order valence-electron chi connectivity index (χ0n) is 9.07. The second-order valence-corrected chi connectivity index (χ2v) is 2.80. The highest BCUT2D eigenvalue weighted by atomic mass is 16.5. The largest absolute Gasteiger partial charge is 0.497 e. The van der Waals surface area contributed by atoms with Gasteiger partial charge in [0.1, 0.15) is 11.5 Å². The number of nitrogens with two attached hydrogens (primary N) is 1. The molecule has 0 saturated heterocycles. The molecule has 5 heteroatoms. The Balaban J connectivity index is 3.01. The van der Waals surface area contributed by atoms with Crippen LogP contribution in [0, 0.1) is 0 Å². The number of nitrogens with one attached hydrogen (secondary N) is 1. The first-order valence-corrected chi connectivity index (χ1v) is 4.42. The fourth-order valence-corrected chi connectivity index (χ4v) is 1.11. The van der Waals surface area contributed by atoms with Crippen molar-refractivity contribution in [1.82, 2.24) is 0 Å². The topological polar surface area (TPSA) is 68.9 Å². The minimum Gasteiger partial charge on any atom is -0.497 e. The van der Waals surface area contributed by atoms with E-state index in [0.29, 0.717) is 11.7 Å². The lowest BCUT2D eigenvalue weighted by molar-refractivity contribution is 0.405. The highest BCUT2D eigenvalue weighted by Crippen LogP contribution is 2.28. The summed E-state index contributed by atoms with van der Waals surface area (Å²) in [4.78, 5) is 3.80. The van der Waals surface area contributed by atoms with Crippen molar-refractivity contribution in [3.05, 3.63) is 18.2 Å². The molecule has 3 N–H and O–H groups in total. The maximum absolute atomic E-state index is 5.56. The second kappa shape index (κ2) is 5.09. The zero-order chi connectivity index (χ0) is 11.3. The van der Waals surface area contributed by atoms with E-state index in [2.05, 4.69) is 10.3 Å². The number of methoxy groups -OCH3 is 2. The molecule has 0 aliphatic heterocycles. The molecule has 0 amide bonds. The molecule has 0 aliphatic carbocycles. The molecule has 15 heavy (non-hydrogen) atoms. The lowest BCUT2D eigenvalue weighted by atomic mass is 10.2. The average Bonchev–Trinajstić information content (AvgIpc) is 2.28. The van der Waals surface area contributed by atoms with Gasteiger partial charge in [-0.3, -0.25) is 4.99 Å². The fraction of sp³-hybridized carbons (Fsp3) is 0.300. The fourth-order valence-electron chi connectivity index (χ4n) is 1.11. The predicted molar refractivity (Wildman–Crippen MR) is 60.7 cm³/mol. The summed E-state index contributed by atoms with van der Waals surface area (Å²) < 4.78 is 10.3. The van der Waals surface area contributed by atoms with E-state index in [0.717, 1.165) is 11.4 Å². The number of hydrogen-bond donors (Lipinski definition) is 2. The summed E-state index contributed by atoms with van der Waals surface area (Å²) in [6.07, 6.45) is 0. The summed E-state index contributed by atoms with van der Waals surface area (Å²) in [7, 11) is 4.80. The molecule has 5 nitrogen and oxygen atoms in total. The molecule has 0 heterocycles. The molecule has 1 aromatic carbocycles. The third-order valence-electron chi connectivity index (χ3n) is 1.91. The Kier molecular flexibility index (Phi) is 3.79. The third kappa shape index (κ3) is 2.77. The van der Waals surface area contributed by atoms with Crippen molar-refractivity contribution in [3.8, 4) is 11.5 Å². The second-order valence-electron chi connectivity index (χ2n) is 2.80. The van der Waals surface area contributed by atoms with Gasteiger partial charge in [0.25, 0.3) is 0 Å². The van der Waals surface area contributed by atoms with Crippen molar-refractivity contribution in [2.45, 2.75) is 0 Å². The summed E-state index contributed by atoms with van der Waals surface area (Å²) >= 11 is 0. The van der Waals surface area contributed by atoms with Crippen molar-refractivity contribution in [2.75, 3.05) is 26.6 Å². The SMILES string of the molecule is CN=C(N)Nc1cc(OC)ccc1OC. The summed E-state index contributed by atoms with van der Waals surface area (Å²) in [5, 5.41) is 2.91. The van der Waals surface area contributed by atoms with Crippen LogP contribution in [0.2, 0.25) is 0 Å².